The van der Waals surface area contributed by atoms with Gasteiger partial charge in [-0.3, -0.25) is 14.4 Å². The molecule has 2 heterocycles. The Morgan fingerprint density at radius 3 is 2.45 bits per heavy atom. The Hall–Kier alpha value is -2.82. The van der Waals surface area contributed by atoms with Gasteiger partial charge < -0.3 is 25.7 Å². The number of piperidine rings is 1. The van der Waals surface area contributed by atoms with Crippen molar-refractivity contribution in [2.45, 2.75) is 90.6 Å². The van der Waals surface area contributed by atoms with Crippen LogP contribution in [0, 0.1) is 29.1 Å². The van der Waals surface area contributed by atoms with E-state index in [1.807, 2.05) is 42.5 Å². The van der Waals surface area contributed by atoms with Gasteiger partial charge in [-0.25, -0.2) is 0 Å². The van der Waals surface area contributed by atoms with Gasteiger partial charge in [0, 0.05) is 30.6 Å². The molecule has 3 aliphatic carbocycles. The molecule has 9 heteroatoms. The number of rotatable bonds is 11. The summed E-state index contributed by atoms with van der Waals surface area (Å²) >= 11 is 0. The fraction of sp³-hybridized carbons (Fsp3) is 0.632. The number of fused-ring (bicyclic) bond motifs is 2. The predicted octanol–water partition coefficient (Wildman–Crippen LogP) is 4.23. The maximum Gasteiger partial charge on any atom is 0.251 e. The molecule has 4 N–H and O–H groups in total. The van der Waals surface area contributed by atoms with E-state index >= 15 is 0 Å². The summed E-state index contributed by atoms with van der Waals surface area (Å²) in [4.78, 5) is 35.3. The van der Waals surface area contributed by atoms with Crippen molar-refractivity contribution < 1.29 is 24.6 Å². The fourth-order valence-corrected chi connectivity index (χ4v) is 8.94. The number of benzene rings is 2. The van der Waals surface area contributed by atoms with Crippen molar-refractivity contribution in [1.82, 2.24) is 20.6 Å². The number of carbonyl (C=O) groups is 2. The lowest BCUT2D eigenvalue weighted by atomic mass is 9.45. The zero-order valence-electron chi connectivity index (χ0n) is 28.5. The highest BCUT2D eigenvalue weighted by Crippen LogP contribution is 2.61. The first-order chi connectivity index (χ1) is 22.6. The summed E-state index contributed by atoms with van der Waals surface area (Å²) < 4.78 is 0. The van der Waals surface area contributed by atoms with Crippen LogP contribution in [0.15, 0.2) is 48.5 Å². The van der Waals surface area contributed by atoms with Gasteiger partial charge in [-0.15, -0.1) is 0 Å². The van der Waals surface area contributed by atoms with Crippen molar-refractivity contribution in [2.24, 2.45) is 29.1 Å². The second-order valence-corrected chi connectivity index (χ2v) is 15.2. The van der Waals surface area contributed by atoms with E-state index in [2.05, 4.69) is 42.4 Å². The van der Waals surface area contributed by atoms with E-state index in [1.165, 1.54) is 25.7 Å². The second kappa shape index (κ2) is 14.3. The van der Waals surface area contributed by atoms with E-state index in [0.29, 0.717) is 41.8 Å². The zero-order valence-corrected chi connectivity index (χ0v) is 28.5. The highest BCUT2D eigenvalue weighted by Gasteiger charge is 2.57. The van der Waals surface area contributed by atoms with Gasteiger partial charge in [-0.1, -0.05) is 57.5 Å². The van der Waals surface area contributed by atoms with Crippen molar-refractivity contribution in [3.63, 3.8) is 0 Å². The Bertz CT molecular complexity index is 1390. The second-order valence-electron chi connectivity index (χ2n) is 15.2. The fourth-order valence-electron chi connectivity index (χ4n) is 8.94. The molecule has 3 saturated carbocycles. The molecule has 2 bridgehead atoms. The molecule has 2 amide bonds. The molecule has 0 spiro atoms. The third kappa shape index (κ3) is 7.15. The molecular weight excluding hydrogens is 592 g/mol. The van der Waals surface area contributed by atoms with Crippen LogP contribution in [0.2, 0.25) is 0 Å². The first-order valence-corrected chi connectivity index (χ1v) is 17.8. The Morgan fingerprint density at radius 1 is 1.04 bits per heavy atom. The monoisotopic (exact) mass is 646 g/mol. The number of carbonyl (C=O) groups excluding carboxylic acids is 2. The van der Waals surface area contributed by atoms with Crippen LogP contribution in [0.4, 0.5) is 0 Å². The van der Waals surface area contributed by atoms with E-state index < -0.39 is 24.2 Å². The lowest BCUT2D eigenvalue weighted by Gasteiger charge is -2.62. The van der Waals surface area contributed by atoms with E-state index in [4.69, 9.17) is 4.84 Å². The summed E-state index contributed by atoms with van der Waals surface area (Å²) in [6.45, 7) is 12.4. The minimum Gasteiger partial charge on any atom is -0.394 e. The molecule has 2 aromatic rings. The molecule has 2 aliphatic heterocycles. The number of likely N-dealkylation sites (tertiary alicyclic amines) is 1. The first kappa shape index (κ1) is 34.1. The summed E-state index contributed by atoms with van der Waals surface area (Å²) in [5, 5.41) is 29.0. The molecule has 7 rings (SSSR count). The highest BCUT2D eigenvalue weighted by molar-refractivity contribution is 5.94. The molecule has 5 aliphatic rings. The van der Waals surface area contributed by atoms with Crippen LogP contribution in [0.1, 0.15) is 75.7 Å². The molecule has 256 valence electrons. The lowest BCUT2D eigenvalue weighted by Crippen LogP contribution is -2.62. The topological polar surface area (TPSA) is 114 Å². The van der Waals surface area contributed by atoms with Crippen molar-refractivity contribution in [2.75, 3.05) is 32.8 Å². The van der Waals surface area contributed by atoms with E-state index in [-0.39, 0.29) is 24.5 Å². The molecule has 2 saturated heterocycles. The third-order valence-electron chi connectivity index (χ3n) is 12.0. The normalized spacial score (nSPS) is 31.1. The molecule has 0 radical (unpaired) electrons. The number of nitrogens with one attached hydrogen (secondary N) is 2. The smallest absolute Gasteiger partial charge is 0.251 e. The zero-order chi connectivity index (χ0) is 33.3. The van der Waals surface area contributed by atoms with Crippen LogP contribution in [0.3, 0.4) is 0 Å². The molecule has 9 nitrogen and oxygen atoms in total. The van der Waals surface area contributed by atoms with Gasteiger partial charge in [0.05, 0.1) is 19.3 Å². The average Bonchev–Trinajstić information content (AvgIpc) is 3.44. The largest absolute Gasteiger partial charge is 0.394 e. The van der Waals surface area contributed by atoms with Crippen LogP contribution in [-0.4, -0.2) is 89.1 Å². The average molecular weight is 647 g/mol. The molecule has 8 atom stereocenters. The number of hydrogen-bond acceptors (Lipinski definition) is 7. The van der Waals surface area contributed by atoms with Crippen LogP contribution >= 0.6 is 0 Å². The Labute approximate surface area is 280 Å². The number of hydroxylamine groups is 2. The first-order valence-electron chi connectivity index (χ1n) is 17.8. The molecule has 1 unspecified atom stereocenters. The standard InChI is InChI=1S/C38H54N4O5/c1-24-31-20-30(38(31,3)4)21-32(24)40-37(46)35-34(25(2)44)33(23-43)47-42(35)22-26-9-8-10-29(19-26)27-11-13-28(14-12-27)36(45)39-15-18-41-16-6-5-7-17-41/h8-14,19,24-25,30-35,43-44H,5-7,15-18,20-23H2,1-4H3,(H,39,45)(H,40,46)/t24-,25-,30-,31+,32?,33-,34+,35-/m0/s1. The third-order valence-corrected chi connectivity index (χ3v) is 12.0. The van der Waals surface area contributed by atoms with Gasteiger partial charge in [0.25, 0.3) is 5.91 Å². The van der Waals surface area contributed by atoms with Gasteiger partial charge in [0.1, 0.15) is 12.1 Å². The highest BCUT2D eigenvalue weighted by atomic mass is 16.7. The summed E-state index contributed by atoms with van der Waals surface area (Å²) in [6.07, 6.45) is 4.46. The number of hydrogen-bond donors (Lipinski definition) is 4. The van der Waals surface area contributed by atoms with Gasteiger partial charge in [-0.2, -0.15) is 5.06 Å². The molecule has 2 aromatic carbocycles. The Morgan fingerprint density at radius 2 is 1.79 bits per heavy atom. The molecule has 5 fully saturated rings. The van der Waals surface area contributed by atoms with Crippen molar-refractivity contribution in [3.8, 4) is 11.1 Å². The van der Waals surface area contributed by atoms with Crippen molar-refractivity contribution >= 4 is 11.8 Å². The molecular formula is C38H54N4O5. The predicted molar refractivity (Wildman–Crippen MR) is 182 cm³/mol. The summed E-state index contributed by atoms with van der Waals surface area (Å²) in [6, 6.07) is 15.1. The summed E-state index contributed by atoms with van der Waals surface area (Å²) in [5.41, 5.74) is 3.86. The number of nitrogens with zero attached hydrogens (tertiary/aromatic N) is 2. The summed E-state index contributed by atoms with van der Waals surface area (Å²) in [7, 11) is 0. The van der Waals surface area contributed by atoms with Crippen molar-refractivity contribution in [1.29, 1.82) is 0 Å². The maximum absolute atomic E-state index is 14.0. The lowest BCUT2D eigenvalue weighted by molar-refractivity contribution is -0.183. The number of amides is 2. The maximum atomic E-state index is 14.0. The van der Waals surface area contributed by atoms with E-state index in [9.17, 15) is 19.8 Å². The van der Waals surface area contributed by atoms with Crippen LogP contribution in [0.25, 0.3) is 11.1 Å². The molecule has 47 heavy (non-hydrogen) atoms. The number of aliphatic hydroxyl groups excluding tert-OH is 2. The van der Waals surface area contributed by atoms with Crippen LogP contribution in [-0.2, 0) is 16.2 Å². The van der Waals surface area contributed by atoms with Crippen molar-refractivity contribution in [3.05, 3.63) is 59.7 Å². The van der Waals surface area contributed by atoms with Crippen LogP contribution in [0.5, 0.6) is 0 Å². The molecule has 0 aromatic heterocycles. The Balaban J connectivity index is 1.11. The van der Waals surface area contributed by atoms with E-state index in [1.54, 1.807) is 12.0 Å². The van der Waals surface area contributed by atoms with E-state index in [0.717, 1.165) is 42.7 Å². The van der Waals surface area contributed by atoms with Crippen LogP contribution < -0.4 is 10.6 Å². The summed E-state index contributed by atoms with van der Waals surface area (Å²) in [5.74, 6) is 0.805. The van der Waals surface area contributed by atoms with Gasteiger partial charge in [-0.05, 0) is 104 Å². The van der Waals surface area contributed by atoms with Gasteiger partial charge in [0.15, 0.2) is 0 Å². The number of aliphatic hydroxyl groups is 2. The Kier molecular flexibility index (Phi) is 10.4. The van der Waals surface area contributed by atoms with Gasteiger partial charge >= 0.3 is 0 Å². The minimum atomic E-state index is -0.837. The van der Waals surface area contributed by atoms with Gasteiger partial charge in [0.2, 0.25) is 5.91 Å². The quantitative estimate of drug-likeness (QED) is 0.289. The minimum absolute atomic E-state index is 0.0627. The SMILES string of the molecule is C[C@H](O)[C@@H]1[C@H](CO)ON(Cc2cccc(-c3ccc(C(=O)NCCN4CCCCC4)cc3)c2)[C@@H]1C(=O)NC1C[C@@H]2C[C@H]([C@@H]1C)C2(C)C.